The van der Waals surface area contributed by atoms with E-state index in [-0.39, 0.29) is 0 Å². The van der Waals surface area contributed by atoms with Crippen LogP contribution in [0.5, 0.6) is 0 Å². The van der Waals surface area contributed by atoms with Gasteiger partial charge in [-0.2, -0.15) is 0 Å². The maximum atomic E-state index is 6.68. The van der Waals surface area contributed by atoms with Gasteiger partial charge in [-0.1, -0.05) is 188 Å². The van der Waals surface area contributed by atoms with E-state index in [1.807, 2.05) is 12.1 Å². The highest BCUT2D eigenvalue weighted by atomic mass is 16.3. The van der Waals surface area contributed by atoms with Gasteiger partial charge in [-0.15, -0.1) is 0 Å². The molecule has 11 aromatic rings. The van der Waals surface area contributed by atoms with E-state index in [0.717, 1.165) is 55.7 Å². The van der Waals surface area contributed by atoms with E-state index >= 15 is 0 Å². The zero-order valence-corrected chi connectivity index (χ0v) is 32.9. The molecule has 0 aliphatic heterocycles. The third kappa shape index (κ3) is 6.51. The molecular formula is C58H39NO. The fourth-order valence-electron chi connectivity index (χ4n) is 8.63. The summed E-state index contributed by atoms with van der Waals surface area (Å²) in [7, 11) is 0. The number of benzene rings is 10. The maximum Gasteiger partial charge on any atom is 0.159 e. The smallest absolute Gasteiger partial charge is 0.159 e. The van der Waals surface area contributed by atoms with Gasteiger partial charge in [-0.25, -0.2) is 0 Å². The molecule has 0 bridgehead atoms. The van der Waals surface area contributed by atoms with Crippen molar-refractivity contribution < 1.29 is 4.42 Å². The van der Waals surface area contributed by atoms with Crippen LogP contribution in [-0.4, -0.2) is 0 Å². The van der Waals surface area contributed by atoms with Gasteiger partial charge in [0, 0.05) is 22.0 Å². The molecule has 2 nitrogen and oxygen atoms in total. The summed E-state index contributed by atoms with van der Waals surface area (Å²) in [6, 6.07) is 84.8. The fraction of sp³-hybridized carbons (Fsp3) is 0. The van der Waals surface area contributed by atoms with E-state index in [1.165, 1.54) is 49.7 Å². The van der Waals surface area contributed by atoms with Gasteiger partial charge in [0.05, 0.1) is 11.4 Å². The fourth-order valence-corrected chi connectivity index (χ4v) is 8.63. The summed E-state index contributed by atoms with van der Waals surface area (Å²) < 4.78 is 6.68. The number of fused-ring (bicyclic) bond motifs is 4. The van der Waals surface area contributed by atoms with Gasteiger partial charge in [-0.05, 0) is 109 Å². The number of rotatable bonds is 8. The molecule has 0 saturated carbocycles. The number of nitrogens with zero attached hydrogens (tertiary/aromatic N) is 1. The zero-order valence-electron chi connectivity index (χ0n) is 32.9. The van der Waals surface area contributed by atoms with Crippen LogP contribution >= 0.6 is 0 Å². The molecule has 0 aliphatic carbocycles. The van der Waals surface area contributed by atoms with Crippen LogP contribution < -0.4 is 4.90 Å². The van der Waals surface area contributed by atoms with E-state index in [9.17, 15) is 0 Å². The Morgan fingerprint density at radius 2 is 0.767 bits per heavy atom. The summed E-state index contributed by atoms with van der Waals surface area (Å²) >= 11 is 0. The molecule has 60 heavy (non-hydrogen) atoms. The van der Waals surface area contributed by atoms with E-state index in [1.54, 1.807) is 0 Å². The van der Waals surface area contributed by atoms with Crippen LogP contribution in [0.15, 0.2) is 241 Å². The van der Waals surface area contributed by atoms with Crippen molar-refractivity contribution in [2.45, 2.75) is 0 Å². The molecule has 0 amide bonds. The van der Waals surface area contributed by atoms with Crippen molar-refractivity contribution in [3.05, 3.63) is 237 Å². The second-order valence-electron chi connectivity index (χ2n) is 15.3. The lowest BCUT2D eigenvalue weighted by atomic mass is 9.96. The minimum absolute atomic E-state index is 0.857. The first-order chi connectivity index (χ1) is 29.7. The predicted molar refractivity (Wildman–Crippen MR) is 253 cm³/mol. The first kappa shape index (κ1) is 35.2. The SMILES string of the molecule is c1ccc(-c2cccc(-c3ccccc3N(c3ccc(-c4ccc(-c5cccc(-c6ccc7ccccc7c6)c5)cc4)cc3)c3cccc4c3oc3ccccc34)c2)cc1. The number of para-hydroxylation sites is 3. The normalized spacial score (nSPS) is 11.3. The predicted octanol–water partition coefficient (Wildman–Crippen LogP) is 16.5. The second kappa shape index (κ2) is 15.1. The average molecular weight is 766 g/mol. The minimum atomic E-state index is 0.857. The summed E-state index contributed by atoms with van der Waals surface area (Å²) in [6.07, 6.45) is 0. The molecule has 0 radical (unpaired) electrons. The molecule has 1 aromatic heterocycles. The van der Waals surface area contributed by atoms with Crippen LogP contribution in [0.1, 0.15) is 0 Å². The monoisotopic (exact) mass is 765 g/mol. The zero-order chi connectivity index (χ0) is 39.8. The maximum absolute atomic E-state index is 6.68. The lowest BCUT2D eigenvalue weighted by Crippen LogP contribution is -2.11. The van der Waals surface area contributed by atoms with Crippen molar-refractivity contribution in [2.75, 3.05) is 4.90 Å². The van der Waals surface area contributed by atoms with Gasteiger partial charge >= 0.3 is 0 Å². The Morgan fingerprint density at radius 3 is 1.55 bits per heavy atom. The van der Waals surface area contributed by atoms with Gasteiger partial charge < -0.3 is 9.32 Å². The van der Waals surface area contributed by atoms with Crippen LogP contribution in [0.3, 0.4) is 0 Å². The molecule has 0 fully saturated rings. The van der Waals surface area contributed by atoms with Crippen molar-refractivity contribution in [3.63, 3.8) is 0 Å². The van der Waals surface area contributed by atoms with Gasteiger partial charge in [0.25, 0.3) is 0 Å². The first-order valence-electron chi connectivity index (χ1n) is 20.5. The largest absolute Gasteiger partial charge is 0.454 e. The Morgan fingerprint density at radius 1 is 0.283 bits per heavy atom. The molecule has 2 heteroatoms. The molecule has 0 N–H and O–H groups in total. The average Bonchev–Trinajstić information content (AvgIpc) is 3.72. The summed E-state index contributed by atoms with van der Waals surface area (Å²) in [5.41, 5.74) is 16.6. The Kier molecular flexibility index (Phi) is 8.87. The van der Waals surface area contributed by atoms with Crippen molar-refractivity contribution in [1.82, 2.24) is 0 Å². The lowest BCUT2D eigenvalue weighted by Gasteiger charge is -2.28. The molecule has 11 rings (SSSR count). The number of furan rings is 1. The summed E-state index contributed by atoms with van der Waals surface area (Å²) in [5, 5.41) is 4.71. The highest BCUT2D eigenvalue weighted by Crippen LogP contribution is 2.46. The molecule has 0 spiro atoms. The van der Waals surface area contributed by atoms with Gasteiger partial charge in [0.1, 0.15) is 5.58 Å². The molecule has 10 aromatic carbocycles. The van der Waals surface area contributed by atoms with E-state index < -0.39 is 0 Å². The second-order valence-corrected chi connectivity index (χ2v) is 15.3. The third-order valence-corrected chi connectivity index (χ3v) is 11.7. The van der Waals surface area contributed by atoms with Crippen LogP contribution in [0.4, 0.5) is 17.1 Å². The molecule has 0 unspecified atom stereocenters. The van der Waals surface area contributed by atoms with E-state index in [0.29, 0.717) is 0 Å². The molecule has 282 valence electrons. The number of hydrogen-bond acceptors (Lipinski definition) is 2. The number of anilines is 3. The van der Waals surface area contributed by atoms with Crippen molar-refractivity contribution >= 4 is 49.8 Å². The third-order valence-electron chi connectivity index (χ3n) is 11.7. The lowest BCUT2D eigenvalue weighted by molar-refractivity contribution is 0.669. The van der Waals surface area contributed by atoms with Crippen LogP contribution in [0.25, 0.3) is 88.3 Å². The summed E-state index contributed by atoms with van der Waals surface area (Å²) in [5.74, 6) is 0. The number of hydrogen-bond donors (Lipinski definition) is 0. The van der Waals surface area contributed by atoms with Crippen LogP contribution in [0.2, 0.25) is 0 Å². The Labute approximate surface area is 349 Å². The Hall–Kier alpha value is -7.94. The molecule has 0 atom stereocenters. The van der Waals surface area contributed by atoms with E-state index in [4.69, 9.17) is 4.42 Å². The molecule has 0 aliphatic rings. The quantitative estimate of drug-likeness (QED) is 0.153. The topological polar surface area (TPSA) is 16.4 Å². The molecular weight excluding hydrogens is 727 g/mol. The van der Waals surface area contributed by atoms with Gasteiger partial charge in [-0.3, -0.25) is 0 Å². The molecule has 1 heterocycles. The van der Waals surface area contributed by atoms with Crippen LogP contribution in [-0.2, 0) is 0 Å². The van der Waals surface area contributed by atoms with Crippen LogP contribution in [0, 0.1) is 0 Å². The standard InChI is InChI=1S/C58H39NO/c1-2-13-40(14-3-1)47-18-11-20-50(39-47)52-21-6-8-24-55(52)59(56-25-12-23-54-53-22-7-9-26-57(53)60-58(54)56)51-35-33-43(34-36-51)42-27-29-44(30-28-42)46-17-10-19-48(37-46)49-32-31-41-15-4-5-16-45(41)38-49/h1-39H. The van der Waals surface area contributed by atoms with Gasteiger partial charge in [0.2, 0.25) is 0 Å². The minimum Gasteiger partial charge on any atom is -0.454 e. The Bertz CT molecular complexity index is 3310. The Balaban J connectivity index is 0.968. The van der Waals surface area contributed by atoms with Crippen molar-refractivity contribution in [1.29, 1.82) is 0 Å². The van der Waals surface area contributed by atoms with Gasteiger partial charge in [0.15, 0.2) is 5.58 Å². The highest BCUT2D eigenvalue weighted by Gasteiger charge is 2.22. The highest BCUT2D eigenvalue weighted by molar-refractivity contribution is 6.10. The van der Waals surface area contributed by atoms with E-state index in [2.05, 4.69) is 229 Å². The van der Waals surface area contributed by atoms with Crippen molar-refractivity contribution in [3.8, 4) is 55.6 Å². The summed E-state index contributed by atoms with van der Waals surface area (Å²) in [6.45, 7) is 0. The summed E-state index contributed by atoms with van der Waals surface area (Å²) in [4.78, 5) is 2.35. The molecule has 0 saturated heterocycles. The first-order valence-corrected chi connectivity index (χ1v) is 20.5. The van der Waals surface area contributed by atoms with Crippen molar-refractivity contribution in [2.24, 2.45) is 0 Å².